The monoisotopic (exact) mass is 529 g/mol. The van der Waals surface area contributed by atoms with Gasteiger partial charge in [-0.05, 0) is 91.9 Å². The number of hydrogen-bond acceptors (Lipinski definition) is 4. The fourth-order valence-corrected chi connectivity index (χ4v) is 5.15. The lowest BCUT2D eigenvalue weighted by Gasteiger charge is -2.29. The van der Waals surface area contributed by atoms with Gasteiger partial charge in [-0.25, -0.2) is 4.39 Å². The van der Waals surface area contributed by atoms with Crippen LogP contribution in [-0.4, -0.2) is 39.1 Å². The van der Waals surface area contributed by atoms with Crippen molar-refractivity contribution >= 4 is 28.9 Å². The first-order valence-corrected chi connectivity index (χ1v) is 12.7. The fraction of sp³-hybridized carbons (Fsp3) is 0.207. The lowest BCUT2D eigenvalue weighted by molar-refractivity contribution is -0.116. The Kier molecular flexibility index (Phi) is 7.37. The Hall–Kier alpha value is -4.24. The second kappa shape index (κ2) is 11.0. The maximum Gasteiger partial charge on any atom is 0.226 e. The first kappa shape index (κ1) is 25.4. The maximum absolute atomic E-state index is 13.2. The first-order valence-electron chi connectivity index (χ1n) is 12.3. The molecule has 4 aromatic rings. The molecule has 2 aromatic carbocycles. The van der Waals surface area contributed by atoms with Crippen molar-refractivity contribution in [1.29, 1.82) is 0 Å². The molecule has 2 aromatic heterocycles. The zero-order valence-corrected chi connectivity index (χ0v) is 21.9. The average molecular weight is 530 g/mol. The van der Waals surface area contributed by atoms with Gasteiger partial charge in [0.05, 0.1) is 24.9 Å². The molecule has 0 saturated carbocycles. The number of amides is 1. The molecule has 5 rings (SSSR count). The summed E-state index contributed by atoms with van der Waals surface area (Å²) < 4.78 is 20.8. The van der Waals surface area contributed by atoms with Crippen LogP contribution >= 0.6 is 12.2 Å². The van der Waals surface area contributed by atoms with Gasteiger partial charge in [-0.1, -0.05) is 6.07 Å². The highest BCUT2D eigenvalue weighted by Crippen LogP contribution is 2.40. The molecule has 0 radical (unpaired) electrons. The van der Waals surface area contributed by atoms with E-state index in [0.717, 1.165) is 28.5 Å². The van der Waals surface area contributed by atoms with Crippen LogP contribution in [0.4, 0.5) is 10.1 Å². The Balaban J connectivity index is 1.46. The topological polar surface area (TPSA) is 71.4 Å². The molecule has 38 heavy (non-hydrogen) atoms. The van der Waals surface area contributed by atoms with E-state index in [9.17, 15) is 9.18 Å². The van der Waals surface area contributed by atoms with Crippen molar-refractivity contribution in [1.82, 2.24) is 19.8 Å². The second-order valence-electron chi connectivity index (χ2n) is 9.06. The van der Waals surface area contributed by atoms with Crippen LogP contribution in [0.25, 0.3) is 5.69 Å². The number of rotatable bonds is 8. The van der Waals surface area contributed by atoms with Crippen molar-refractivity contribution in [3.8, 4) is 11.4 Å². The van der Waals surface area contributed by atoms with Crippen molar-refractivity contribution in [2.45, 2.75) is 25.4 Å². The third kappa shape index (κ3) is 5.24. The molecule has 1 amide bonds. The van der Waals surface area contributed by atoms with Gasteiger partial charge in [0.1, 0.15) is 11.6 Å². The molecule has 0 unspecified atom stereocenters. The summed E-state index contributed by atoms with van der Waals surface area (Å²) in [6.45, 7) is 2.45. The third-order valence-electron chi connectivity index (χ3n) is 6.65. The summed E-state index contributed by atoms with van der Waals surface area (Å²) in [6, 6.07) is 23.2. The van der Waals surface area contributed by atoms with Gasteiger partial charge in [-0.2, -0.15) is 0 Å². The number of ether oxygens (including phenoxy) is 1. The predicted molar refractivity (Wildman–Crippen MR) is 149 cm³/mol. The lowest BCUT2D eigenvalue weighted by Crippen LogP contribution is -2.33. The number of pyridine rings is 1. The van der Waals surface area contributed by atoms with Crippen LogP contribution in [0.5, 0.6) is 5.75 Å². The van der Waals surface area contributed by atoms with E-state index < -0.39 is 0 Å². The Bertz CT molecular complexity index is 1420. The highest BCUT2D eigenvalue weighted by Gasteiger charge is 2.41. The molecule has 194 valence electrons. The molecule has 1 saturated heterocycles. The highest BCUT2D eigenvalue weighted by molar-refractivity contribution is 7.80. The Labute approximate surface area is 226 Å². The molecule has 2 atom stereocenters. The molecular formula is C29H28FN5O2S. The number of halogens is 1. The van der Waals surface area contributed by atoms with E-state index in [1.165, 1.54) is 12.1 Å². The molecule has 0 aliphatic carbocycles. The fourth-order valence-electron chi connectivity index (χ4n) is 4.82. The van der Waals surface area contributed by atoms with Crippen LogP contribution in [0, 0.1) is 12.7 Å². The SMILES string of the molecule is COc1ccc(-n2c(C)ccc2[C@H]2[C@H](c3ccccn3)NC(=S)N2CCC(=O)Nc2ccc(F)cc2)cc1. The van der Waals surface area contributed by atoms with Gasteiger partial charge in [-0.3, -0.25) is 9.78 Å². The normalized spacial score (nSPS) is 16.8. The zero-order chi connectivity index (χ0) is 26.6. The minimum Gasteiger partial charge on any atom is -0.497 e. The lowest BCUT2D eigenvalue weighted by atomic mass is 10.0. The molecule has 2 N–H and O–H groups in total. The number of aromatic nitrogens is 2. The van der Waals surface area contributed by atoms with Gasteiger partial charge >= 0.3 is 0 Å². The van der Waals surface area contributed by atoms with Gasteiger partial charge in [0.15, 0.2) is 5.11 Å². The number of anilines is 1. The van der Waals surface area contributed by atoms with E-state index >= 15 is 0 Å². The average Bonchev–Trinajstić information content (AvgIpc) is 3.48. The zero-order valence-electron chi connectivity index (χ0n) is 21.1. The largest absolute Gasteiger partial charge is 0.497 e. The number of benzene rings is 2. The number of aryl methyl sites for hydroxylation is 1. The maximum atomic E-state index is 13.2. The van der Waals surface area contributed by atoms with Crippen LogP contribution in [0.1, 0.15) is 35.6 Å². The molecule has 1 fully saturated rings. The number of carbonyl (C=O) groups excluding carboxylic acids is 1. The number of hydrogen-bond donors (Lipinski definition) is 2. The van der Waals surface area contributed by atoms with Gasteiger partial charge in [0.2, 0.25) is 5.91 Å². The summed E-state index contributed by atoms with van der Waals surface area (Å²) in [5, 5.41) is 6.83. The molecular weight excluding hydrogens is 501 g/mol. The predicted octanol–water partition coefficient (Wildman–Crippen LogP) is 5.33. The van der Waals surface area contributed by atoms with Crippen molar-refractivity contribution in [2.75, 3.05) is 19.0 Å². The van der Waals surface area contributed by atoms with E-state index in [1.54, 1.807) is 25.4 Å². The molecule has 0 bridgehead atoms. The quantitative estimate of drug-likeness (QED) is 0.301. The molecule has 1 aliphatic heterocycles. The van der Waals surface area contributed by atoms with Crippen LogP contribution in [0.2, 0.25) is 0 Å². The van der Waals surface area contributed by atoms with Crippen LogP contribution in [0.15, 0.2) is 85.1 Å². The van der Waals surface area contributed by atoms with Crippen molar-refractivity contribution < 1.29 is 13.9 Å². The minimum atomic E-state index is -0.352. The summed E-state index contributed by atoms with van der Waals surface area (Å²) in [5.74, 6) is 0.250. The van der Waals surface area contributed by atoms with E-state index in [2.05, 4.69) is 39.2 Å². The number of thiocarbonyl (C=S) groups is 1. The Morgan fingerprint density at radius 2 is 1.84 bits per heavy atom. The van der Waals surface area contributed by atoms with Gasteiger partial charge in [-0.15, -0.1) is 0 Å². The summed E-state index contributed by atoms with van der Waals surface area (Å²) >= 11 is 5.78. The Morgan fingerprint density at radius 1 is 1.08 bits per heavy atom. The highest BCUT2D eigenvalue weighted by atomic mass is 32.1. The minimum absolute atomic E-state index is 0.179. The molecule has 3 heterocycles. The standard InChI is InChI=1S/C29H28FN5O2S/c1-19-6-15-25(35(19)22-11-13-23(37-2)14-12-22)28-27(24-5-3-4-17-31-24)33-29(38)34(28)18-16-26(36)32-21-9-7-20(30)8-10-21/h3-15,17,27-28H,16,18H2,1-2H3,(H,32,36)(H,33,38)/t27-,28-/m0/s1. The van der Waals surface area contributed by atoms with E-state index in [-0.39, 0.29) is 30.2 Å². The smallest absolute Gasteiger partial charge is 0.226 e. The number of carbonyl (C=O) groups is 1. The van der Waals surface area contributed by atoms with Crippen LogP contribution in [0.3, 0.4) is 0 Å². The van der Waals surface area contributed by atoms with Gasteiger partial charge < -0.3 is 24.8 Å². The van der Waals surface area contributed by atoms with Crippen LogP contribution in [-0.2, 0) is 4.79 Å². The third-order valence-corrected chi connectivity index (χ3v) is 7.00. The summed E-state index contributed by atoms with van der Waals surface area (Å²) in [4.78, 5) is 19.4. The van der Waals surface area contributed by atoms with Gasteiger partial charge in [0, 0.05) is 41.9 Å². The number of nitrogens with zero attached hydrogens (tertiary/aromatic N) is 3. The summed E-state index contributed by atoms with van der Waals surface area (Å²) in [5.41, 5.74) is 4.49. The molecule has 7 nitrogen and oxygen atoms in total. The van der Waals surface area contributed by atoms with Crippen molar-refractivity contribution in [2.24, 2.45) is 0 Å². The molecule has 9 heteroatoms. The van der Waals surface area contributed by atoms with Crippen molar-refractivity contribution in [3.63, 3.8) is 0 Å². The van der Waals surface area contributed by atoms with E-state index in [4.69, 9.17) is 17.0 Å². The van der Waals surface area contributed by atoms with Gasteiger partial charge in [0.25, 0.3) is 0 Å². The number of nitrogens with one attached hydrogen (secondary N) is 2. The summed E-state index contributed by atoms with van der Waals surface area (Å²) in [7, 11) is 1.65. The first-order chi connectivity index (χ1) is 18.4. The molecule has 1 aliphatic rings. The van der Waals surface area contributed by atoms with E-state index in [0.29, 0.717) is 17.3 Å². The van der Waals surface area contributed by atoms with Crippen molar-refractivity contribution in [3.05, 3.63) is 108 Å². The number of methoxy groups -OCH3 is 1. The van der Waals surface area contributed by atoms with Crippen LogP contribution < -0.4 is 15.4 Å². The molecule has 0 spiro atoms. The summed E-state index contributed by atoms with van der Waals surface area (Å²) in [6.07, 6.45) is 1.97. The Morgan fingerprint density at radius 3 is 2.53 bits per heavy atom. The van der Waals surface area contributed by atoms with E-state index in [1.807, 2.05) is 47.4 Å². The second-order valence-corrected chi connectivity index (χ2v) is 9.44.